The second kappa shape index (κ2) is 8.22. The fraction of sp³-hybridized carbons (Fsp3) is 0.286. The number of amides is 1. The van der Waals surface area contributed by atoms with E-state index in [0.29, 0.717) is 55.1 Å². The standard InChI is InChI=1S/C21H22N4O4/c1-27-17-9-8-16(14-18(17)28-2)20(26)24-10-12-25(13-11-24)21-22-19(29-23-21)15-6-4-3-5-7-15/h3-9,14H,10-13H2,1-2H3. The van der Waals surface area contributed by atoms with Crippen molar-refractivity contribution in [1.82, 2.24) is 15.0 Å². The maximum atomic E-state index is 12.9. The van der Waals surface area contributed by atoms with Crippen LogP contribution in [0.4, 0.5) is 5.95 Å². The number of hydrogen-bond acceptors (Lipinski definition) is 7. The first-order chi connectivity index (χ1) is 14.2. The Morgan fingerprint density at radius 2 is 1.69 bits per heavy atom. The number of aromatic nitrogens is 2. The monoisotopic (exact) mass is 394 g/mol. The molecule has 0 atom stereocenters. The SMILES string of the molecule is COc1ccc(C(=O)N2CCN(c3noc(-c4ccccc4)n3)CC2)cc1OC. The van der Waals surface area contributed by atoms with Crippen LogP contribution in [-0.2, 0) is 0 Å². The molecule has 8 heteroatoms. The zero-order valence-electron chi connectivity index (χ0n) is 16.4. The van der Waals surface area contributed by atoms with E-state index >= 15 is 0 Å². The Morgan fingerprint density at radius 3 is 2.38 bits per heavy atom. The van der Waals surface area contributed by atoms with Gasteiger partial charge in [0, 0.05) is 37.3 Å². The van der Waals surface area contributed by atoms with Crippen molar-refractivity contribution in [3.63, 3.8) is 0 Å². The lowest BCUT2D eigenvalue weighted by molar-refractivity contribution is 0.0745. The zero-order valence-corrected chi connectivity index (χ0v) is 16.4. The summed E-state index contributed by atoms with van der Waals surface area (Å²) in [6.07, 6.45) is 0. The van der Waals surface area contributed by atoms with Crippen LogP contribution in [0, 0.1) is 0 Å². The second-order valence-corrected chi connectivity index (χ2v) is 6.61. The summed E-state index contributed by atoms with van der Waals surface area (Å²) in [6.45, 7) is 2.41. The number of rotatable bonds is 5. The van der Waals surface area contributed by atoms with Crippen molar-refractivity contribution in [2.75, 3.05) is 45.3 Å². The smallest absolute Gasteiger partial charge is 0.266 e. The molecule has 3 aromatic rings. The van der Waals surface area contributed by atoms with Gasteiger partial charge in [-0.1, -0.05) is 18.2 Å². The first-order valence-electron chi connectivity index (χ1n) is 9.35. The molecule has 2 heterocycles. The van der Waals surface area contributed by atoms with Gasteiger partial charge >= 0.3 is 0 Å². The topological polar surface area (TPSA) is 80.9 Å². The second-order valence-electron chi connectivity index (χ2n) is 6.61. The number of hydrogen-bond donors (Lipinski definition) is 0. The van der Waals surface area contributed by atoms with Crippen molar-refractivity contribution < 1.29 is 18.8 Å². The summed E-state index contributed by atoms with van der Waals surface area (Å²) in [4.78, 5) is 21.2. The number of ether oxygens (including phenoxy) is 2. The fourth-order valence-corrected chi connectivity index (χ4v) is 3.30. The van der Waals surface area contributed by atoms with Crippen molar-refractivity contribution in [1.29, 1.82) is 0 Å². The molecular formula is C21H22N4O4. The Morgan fingerprint density at radius 1 is 0.966 bits per heavy atom. The van der Waals surface area contributed by atoms with Gasteiger partial charge in [0.15, 0.2) is 11.5 Å². The first kappa shape index (κ1) is 18.8. The van der Waals surface area contributed by atoms with Crippen LogP contribution in [0.15, 0.2) is 53.1 Å². The van der Waals surface area contributed by atoms with Crippen molar-refractivity contribution in [3.05, 3.63) is 54.1 Å². The lowest BCUT2D eigenvalue weighted by Crippen LogP contribution is -2.49. The summed E-state index contributed by atoms with van der Waals surface area (Å²) in [5.74, 6) is 2.13. The van der Waals surface area contributed by atoms with Crippen LogP contribution in [0.1, 0.15) is 10.4 Å². The van der Waals surface area contributed by atoms with E-state index in [2.05, 4.69) is 10.1 Å². The third kappa shape index (κ3) is 3.87. The highest BCUT2D eigenvalue weighted by Crippen LogP contribution is 2.28. The number of carbonyl (C=O) groups is 1. The van der Waals surface area contributed by atoms with Gasteiger partial charge in [-0.05, 0) is 35.5 Å². The molecule has 1 aliphatic heterocycles. The molecule has 0 radical (unpaired) electrons. The maximum Gasteiger partial charge on any atom is 0.266 e. The number of benzene rings is 2. The summed E-state index contributed by atoms with van der Waals surface area (Å²) >= 11 is 0. The first-order valence-corrected chi connectivity index (χ1v) is 9.35. The van der Waals surface area contributed by atoms with Crippen LogP contribution in [-0.4, -0.2) is 61.3 Å². The van der Waals surface area contributed by atoms with Gasteiger partial charge in [-0.15, -0.1) is 0 Å². The highest BCUT2D eigenvalue weighted by atomic mass is 16.5. The molecule has 0 N–H and O–H groups in total. The van der Waals surface area contributed by atoms with Crippen molar-refractivity contribution >= 4 is 11.9 Å². The van der Waals surface area contributed by atoms with Crippen LogP contribution in [0.5, 0.6) is 11.5 Å². The Kier molecular flexibility index (Phi) is 5.33. The van der Waals surface area contributed by atoms with Gasteiger partial charge in [0.2, 0.25) is 0 Å². The Labute approximate surface area is 168 Å². The summed E-state index contributed by atoms with van der Waals surface area (Å²) in [5.41, 5.74) is 1.45. The minimum Gasteiger partial charge on any atom is -0.493 e. The molecule has 1 fully saturated rings. The van der Waals surface area contributed by atoms with E-state index in [-0.39, 0.29) is 5.91 Å². The van der Waals surface area contributed by atoms with E-state index in [1.807, 2.05) is 40.1 Å². The summed E-state index contributed by atoms with van der Waals surface area (Å²) in [5, 5.41) is 4.09. The third-order valence-corrected chi connectivity index (χ3v) is 4.92. The number of carbonyl (C=O) groups excluding carboxylic acids is 1. The lowest BCUT2D eigenvalue weighted by atomic mass is 10.1. The largest absolute Gasteiger partial charge is 0.493 e. The molecule has 29 heavy (non-hydrogen) atoms. The fourth-order valence-electron chi connectivity index (χ4n) is 3.30. The van der Waals surface area contributed by atoms with E-state index in [1.165, 1.54) is 0 Å². The van der Waals surface area contributed by atoms with Crippen molar-refractivity contribution in [2.45, 2.75) is 0 Å². The number of piperazine rings is 1. The molecule has 4 rings (SSSR count). The average Bonchev–Trinajstić information content (AvgIpc) is 3.29. The highest BCUT2D eigenvalue weighted by Gasteiger charge is 2.25. The van der Waals surface area contributed by atoms with Crippen LogP contribution in [0.2, 0.25) is 0 Å². The van der Waals surface area contributed by atoms with Gasteiger partial charge in [0.25, 0.3) is 17.7 Å². The molecule has 8 nitrogen and oxygen atoms in total. The van der Waals surface area contributed by atoms with Crippen LogP contribution < -0.4 is 14.4 Å². The van der Waals surface area contributed by atoms with Crippen molar-refractivity contribution in [3.8, 4) is 23.0 Å². The Bertz CT molecular complexity index is 981. The third-order valence-electron chi connectivity index (χ3n) is 4.92. The van der Waals surface area contributed by atoms with Crippen LogP contribution in [0.3, 0.4) is 0 Å². The predicted molar refractivity (Wildman–Crippen MR) is 107 cm³/mol. The molecule has 0 bridgehead atoms. The van der Waals surface area contributed by atoms with Gasteiger partial charge in [-0.2, -0.15) is 4.98 Å². The summed E-state index contributed by atoms with van der Waals surface area (Å²) in [7, 11) is 3.12. The maximum absolute atomic E-state index is 12.9. The molecule has 1 amide bonds. The quantitative estimate of drug-likeness (QED) is 0.658. The van der Waals surface area contributed by atoms with E-state index in [1.54, 1.807) is 32.4 Å². The number of methoxy groups -OCH3 is 2. The molecule has 0 spiro atoms. The summed E-state index contributed by atoms with van der Waals surface area (Å²) in [6, 6.07) is 14.9. The lowest BCUT2D eigenvalue weighted by Gasteiger charge is -2.34. The van der Waals surface area contributed by atoms with E-state index < -0.39 is 0 Å². The van der Waals surface area contributed by atoms with Crippen molar-refractivity contribution in [2.24, 2.45) is 0 Å². The van der Waals surface area contributed by atoms with Gasteiger partial charge in [0.1, 0.15) is 0 Å². The zero-order chi connectivity index (χ0) is 20.2. The number of nitrogens with zero attached hydrogens (tertiary/aromatic N) is 4. The Hall–Kier alpha value is -3.55. The molecule has 0 unspecified atom stereocenters. The van der Waals surface area contributed by atoms with E-state index in [4.69, 9.17) is 14.0 Å². The summed E-state index contributed by atoms with van der Waals surface area (Å²) < 4.78 is 15.9. The minimum atomic E-state index is -0.0383. The molecule has 2 aromatic carbocycles. The molecule has 0 aliphatic carbocycles. The average molecular weight is 394 g/mol. The predicted octanol–water partition coefficient (Wildman–Crippen LogP) is 2.72. The highest BCUT2D eigenvalue weighted by molar-refractivity contribution is 5.95. The van der Waals surface area contributed by atoms with Gasteiger partial charge in [0.05, 0.1) is 14.2 Å². The van der Waals surface area contributed by atoms with Gasteiger partial charge in [-0.25, -0.2) is 0 Å². The molecule has 1 saturated heterocycles. The van der Waals surface area contributed by atoms with E-state index in [0.717, 1.165) is 5.56 Å². The molecule has 1 aliphatic rings. The minimum absolute atomic E-state index is 0.0383. The molecule has 1 aromatic heterocycles. The normalized spacial score (nSPS) is 14.0. The van der Waals surface area contributed by atoms with Crippen LogP contribution >= 0.6 is 0 Å². The van der Waals surface area contributed by atoms with Gasteiger partial charge in [-0.3, -0.25) is 4.79 Å². The molecule has 150 valence electrons. The number of anilines is 1. The van der Waals surface area contributed by atoms with Gasteiger partial charge < -0.3 is 23.8 Å². The molecular weight excluding hydrogens is 372 g/mol. The van der Waals surface area contributed by atoms with Crippen LogP contribution in [0.25, 0.3) is 11.5 Å². The molecule has 0 saturated carbocycles. The Balaban J connectivity index is 1.41. The van der Waals surface area contributed by atoms with E-state index in [9.17, 15) is 4.79 Å².